The molecule has 0 aliphatic heterocycles. The standard InChI is InChI=1S/C14H14ClN3OS/c1-3-12-17-18-11(7-19)13(16-14(18)20-12)9-4-5-10(15)8(2)6-9/h4-6,19H,3,7H2,1-2H3. The first kappa shape index (κ1) is 13.5. The van der Waals surface area contributed by atoms with Gasteiger partial charge in [-0.1, -0.05) is 35.9 Å². The second-order valence-electron chi connectivity index (χ2n) is 4.57. The molecule has 3 aromatic rings. The molecule has 0 amide bonds. The van der Waals surface area contributed by atoms with Crippen LogP contribution in [0.1, 0.15) is 23.2 Å². The molecule has 0 aliphatic rings. The van der Waals surface area contributed by atoms with Crippen molar-refractivity contribution in [1.82, 2.24) is 14.6 Å². The zero-order valence-corrected chi connectivity index (χ0v) is 12.8. The minimum Gasteiger partial charge on any atom is -0.390 e. The Morgan fingerprint density at radius 1 is 1.40 bits per heavy atom. The van der Waals surface area contributed by atoms with Gasteiger partial charge in [0, 0.05) is 10.6 Å². The van der Waals surface area contributed by atoms with Gasteiger partial charge in [-0.2, -0.15) is 5.10 Å². The average Bonchev–Trinajstić information content (AvgIpc) is 2.98. The number of rotatable bonds is 3. The molecular formula is C14H14ClN3OS. The van der Waals surface area contributed by atoms with Gasteiger partial charge in [0.25, 0.3) is 0 Å². The van der Waals surface area contributed by atoms with Crippen LogP contribution in [0.5, 0.6) is 0 Å². The zero-order chi connectivity index (χ0) is 14.3. The van der Waals surface area contributed by atoms with Crippen LogP contribution >= 0.6 is 22.9 Å². The van der Waals surface area contributed by atoms with Gasteiger partial charge in [-0.3, -0.25) is 0 Å². The van der Waals surface area contributed by atoms with Gasteiger partial charge in [0.15, 0.2) is 0 Å². The van der Waals surface area contributed by atoms with Crippen LogP contribution in [-0.4, -0.2) is 19.7 Å². The summed E-state index contributed by atoms with van der Waals surface area (Å²) < 4.78 is 1.74. The normalized spacial score (nSPS) is 11.4. The van der Waals surface area contributed by atoms with E-state index in [1.165, 1.54) is 0 Å². The van der Waals surface area contributed by atoms with Gasteiger partial charge in [0.1, 0.15) is 5.01 Å². The quantitative estimate of drug-likeness (QED) is 0.806. The van der Waals surface area contributed by atoms with Gasteiger partial charge in [0.05, 0.1) is 18.0 Å². The van der Waals surface area contributed by atoms with E-state index in [-0.39, 0.29) is 6.61 Å². The van der Waals surface area contributed by atoms with Crippen molar-refractivity contribution in [3.8, 4) is 11.3 Å². The van der Waals surface area contributed by atoms with E-state index in [1.54, 1.807) is 15.9 Å². The maximum atomic E-state index is 9.65. The van der Waals surface area contributed by atoms with E-state index < -0.39 is 0 Å². The number of nitrogens with zero attached hydrogens (tertiary/aromatic N) is 3. The van der Waals surface area contributed by atoms with Crippen molar-refractivity contribution in [2.24, 2.45) is 0 Å². The van der Waals surface area contributed by atoms with Gasteiger partial charge >= 0.3 is 0 Å². The van der Waals surface area contributed by atoms with E-state index in [4.69, 9.17) is 11.6 Å². The summed E-state index contributed by atoms with van der Waals surface area (Å²) in [5.41, 5.74) is 3.43. The number of benzene rings is 1. The topological polar surface area (TPSA) is 50.4 Å². The first-order valence-electron chi connectivity index (χ1n) is 6.38. The van der Waals surface area contributed by atoms with Crippen molar-refractivity contribution in [2.45, 2.75) is 26.9 Å². The summed E-state index contributed by atoms with van der Waals surface area (Å²) in [6.07, 6.45) is 0.869. The SMILES string of the molecule is CCc1nn2c(CO)c(-c3ccc(Cl)c(C)c3)nc2s1. The highest BCUT2D eigenvalue weighted by molar-refractivity contribution is 7.16. The van der Waals surface area contributed by atoms with Crippen LogP contribution in [0.25, 0.3) is 16.2 Å². The highest BCUT2D eigenvalue weighted by atomic mass is 35.5. The third-order valence-corrected chi connectivity index (χ3v) is 4.70. The number of aromatic nitrogens is 3. The Hall–Kier alpha value is -1.43. The van der Waals surface area contributed by atoms with Crippen molar-refractivity contribution < 1.29 is 5.11 Å². The van der Waals surface area contributed by atoms with Crippen molar-refractivity contribution >= 4 is 27.9 Å². The second kappa shape index (κ2) is 5.16. The maximum Gasteiger partial charge on any atom is 0.213 e. The first-order chi connectivity index (χ1) is 9.63. The van der Waals surface area contributed by atoms with Crippen LogP contribution in [0, 0.1) is 6.92 Å². The molecule has 0 saturated carbocycles. The molecule has 104 valence electrons. The molecule has 0 spiro atoms. The lowest BCUT2D eigenvalue weighted by molar-refractivity contribution is 0.275. The Kier molecular flexibility index (Phi) is 3.50. The minimum absolute atomic E-state index is 0.0922. The molecule has 2 heterocycles. The van der Waals surface area contributed by atoms with Crippen LogP contribution in [0.2, 0.25) is 5.02 Å². The Labute approximate surface area is 125 Å². The average molecular weight is 308 g/mol. The number of hydrogen-bond donors (Lipinski definition) is 1. The molecule has 0 atom stereocenters. The van der Waals surface area contributed by atoms with Gasteiger partial charge in [-0.25, -0.2) is 9.50 Å². The number of fused-ring (bicyclic) bond motifs is 1. The largest absolute Gasteiger partial charge is 0.390 e. The van der Waals surface area contributed by atoms with E-state index in [0.717, 1.165) is 43.9 Å². The van der Waals surface area contributed by atoms with Gasteiger partial charge < -0.3 is 5.11 Å². The number of aliphatic hydroxyl groups is 1. The molecule has 3 rings (SSSR count). The molecule has 20 heavy (non-hydrogen) atoms. The number of imidazole rings is 1. The molecule has 4 nitrogen and oxygen atoms in total. The fourth-order valence-electron chi connectivity index (χ4n) is 2.14. The molecular weight excluding hydrogens is 294 g/mol. The number of halogens is 1. The molecule has 0 radical (unpaired) electrons. The lowest BCUT2D eigenvalue weighted by atomic mass is 10.1. The fraction of sp³-hybridized carbons (Fsp3) is 0.286. The summed E-state index contributed by atoms with van der Waals surface area (Å²) in [5.74, 6) is 0. The maximum absolute atomic E-state index is 9.65. The monoisotopic (exact) mass is 307 g/mol. The molecule has 0 fully saturated rings. The smallest absolute Gasteiger partial charge is 0.213 e. The van der Waals surface area contributed by atoms with E-state index in [1.807, 2.05) is 25.1 Å². The number of aliphatic hydroxyl groups excluding tert-OH is 1. The van der Waals surface area contributed by atoms with E-state index in [2.05, 4.69) is 17.0 Å². The third kappa shape index (κ3) is 2.12. The summed E-state index contributed by atoms with van der Waals surface area (Å²) >= 11 is 7.61. The van der Waals surface area contributed by atoms with Crippen LogP contribution in [0.3, 0.4) is 0 Å². The lowest BCUT2D eigenvalue weighted by Gasteiger charge is -2.03. The molecule has 0 aliphatic carbocycles. The predicted octanol–water partition coefficient (Wildman–Crippen LogP) is 3.47. The van der Waals surface area contributed by atoms with Gasteiger partial charge in [0.2, 0.25) is 4.96 Å². The summed E-state index contributed by atoms with van der Waals surface area (Å²) in [6, 6.07) is 5.75. The highest BCUT2D eigenvalue weighted by Crippen LogP contribution is 2.29. The molecule has 1 N–H and O–H groups in total. The van der Waals surface area contributed by atoms with E-state index in [0.29, 0.717) is 0 Å². The third-order valence-electron chi connectivity index (χ3n) is 3.22. The van der Waals surface area contributed by atoms with Crippen LogP contribution in [0.4, 0.5) is 0 Å². The van der Waals surface area contributed by atoms with Crippen molar-refractivity contribution in [3.05, 3.63) is 39.5 Å². The number of aryl methyl sites for hydroxylation is 2. The van der Waals surface area contributed by atoms with Crippen LogP contribution in [0.15, 0.2) is 18.2 Å². The van der Waals surface area contributed by atoms with Crippen molar-refractivity contribution in [2.75, 3.05) is 0 Å². The van der Waals surface area contributed by atoms with Crippen molar-refractivity contribution in [3.63, 3.8) is 0 Å². The van der Waals surface area contributed by atoms with Crippen molar-refractivity contribution in [1.29, 1.82) is 0 Å². The first-order valence-corrected chi connectivity index (χ1v) is 7.58. The summed E-state index contributed by atoms with van der Waals surface area (Å²) in [5, 5.41) is 15.9. The Balaban J connectivity index is 2.19. The molecule has 6 heteroatoms. The molecule has 0 bridgehead atoms. The second-order valence-corrected chi connectivity index (χ2v) is 6.02. The summed E-state index contributed by atoms with van der Waals surface area (Å²) in [7, 11) is 0. The molecule has 2 aromatic heterocycles. The fourth-order valence-corrected chi connectivity index (χ4v) is 3.11. The van der Waals surface area contributed by atoms with E-state index >= 15 is 0 Å². The summed E-state index contributed by atoms with van der Waals surface area (Å²) in [6.45, 7) is 3.92. The zero-order valence-electron chi connectivity index (χ0n) is 11.2. The van der Waals surface area contributed by atoms with Gasteiger partial charge in [-0.05, 0) is 31.0 Å². The van der Waals surface area contributed by atoms with E-state index in [9.17, 15) is 5.11 Å². The Morgan fingerprint density at radius 2 is 2.20 bits per heavy atom. The highest BCUT2D eigenvalue weighted by Gasteiger charge is 2.17. The molecule has 0 unspecified atom stereocenters. The van der Waals surface area contributed by atoms with Crippen LogP contribution < -0.4 is 0 Å². The predicted molar refractivity (Wildman–Crippen MR) is 81.3 cm³/mol. The molecule has 0 saturated heterocycles. The van der Waals surface area contributed by atoms with Gasteiger partial charge in [-0.15, -0.1) is 0 Å². The lowest BCUT2D eigenvalue weighted by Crippen LogP contribution is -1.96. The van der Waals surface area contributed by atoms with Crippen LogP contribution in [-0.2, 0) is 13.0 Å². The molecule has 1 aromatic carbocycles. The number of hydrogen-bond acceptors (Lipinski definition) is 4. The Morgan fingerprint density at radius 3 is 2.85 bits per heavy atom. The minimum atomic E-state index is -0.0922. The Bertz CT molecular complexity index is 778. The summed E-state index contributed by atoms with van der Waals surface area (Å²) in [4.78, 5) is 5.42.